The van der Waals surface area contributed by atoms with Crippen LogP contribution in [0.15, 0.2) is 24.4 Å². The lowest BCUT2D eigenvalue weighted by Crippen LogP contribution is -2.27. The number of benzene rings is 1. The summed E-state index contributed by atoms with van der Waals surface area (Å²) in [6.45, 7) is 5.44. The van der Waals surface area contributed by atoms with Crippen molar-refractivity contribution >= 4 is 0 Å². The minimum atomic E-state index is -0.456. The number of nitrogens with one attached hydrogen (secondary N) is 1. The molecule has 0 saturated heterocycles. The zero-order chi connectivity index (χ0) is 15.2. The van der Waals surface area contributed by atoms with Crippen molar-refractivity contribution in [1.82, 2.24) is 20.3 Å². The third kappa shape index (κ3) is 3.64. The van der Waals surface area contributed by atoms with Crippen molar-refractivity contribution in [2.24, 2.45) is 0 Å². The summed E-state index contributed by atoms with van der Waals surface area (Å²) in [7, 11) is 0. The highest BCUT2D eigenvalue weighted by atomic mass is 19.1. The molecule has 21 heavy (non-hydrogen) atoms. The number of hydrogen-bond acceptors (Lipinski definition) is 3. The fourth-order valence-electron chi connectivity index (χ4n) is 2.27. The Labute approximate surface area is 123 Å². The van der Waals surface area contributed by atoms with Gasteiger partial charge in [-0.05, 0) is 37.6 Å². The van der Waals surface area contributed by atoms with Gasteiger partial charge in [-0.2, -0.15) is 0 Å². The van der Waals surface area contributed by atoms with Crippen LogP contribution in [0.2, 0.25) is 0 Å². The lowest BCUT2D eigenvalue weighted by Gasteiger charge is -2.20. The van der Waals surface area contributed by atoms with Crippen molar-refractivity contribution in [1.29, 1.82) is 0 Å². The van der Waals surface area contributed by atoms with Crippen molar-refractivity contribution < 1.29 is 8.78 Å². The number of hydrogen-bond donors (Lipinski definition) is 1. The van der Waals surface area contributed by atoms with Crippen molar-refractivity contribution in [3.05, 3.63) is 47.3 Å². The molecule has 0 aliphatic carbocycles. The van der Waals surface area contributed by atoms with Crippen molar-refractivity contribution in [3.8, 4) is 0 Å². The van der Waals surface area contributed by atoms with Gasteiger partial charge in [0.25, 0.3) is 0 Å². The summed E-state index contributed by atoms with van der Waals surface area (Å²) in [6.07, 6.45) is 3.39. The Morgan fingerprint density at radius 3 is 2.76 bits per heavy atom. The van der Waals surface area contributed by atoms with E-state index in [-0.39, 0.29) is 5.56 Å². The van der Waals surface area contributed by atoms with Crippen LogP contribution < -0.4 is 5.32 Å². The largest absolute Gasteiger partial charge is 0.305 e. The van der Waals surface area contributed by atoms with E-state index in [4.69, 9.17) is 0 Å². The number of aromatic nitrogens is 3. The minimum Gasteiger partial charge on any atom is -0.305 e. The van der Waals surface area contributed by atoms with E-state index in [2.05, 4.69) is 15.6 Å². The second kappa shape index (κ2) is 7.26. The Morgan fingerprint density at radius 2 is 2.05 bits per heavy atom. The first-order valence-electron chi connectivity index (χ1n) is 7.24. The third-order valence-corrected chi connectivity index (χ3v) is 3.25. The molecule has 0 spiro atoms. The first-order valence-corrected chi connectivity index (χ1v) is 7.24. The van der Waals surface area contributed by atoms with Crippen LogP contribution in [0.5, 0.6) is 0 Å². The van der Waals surface area contributed by atoms with Crippen molar-refractivity contribution in [3.63, 3.8) is 0 Å². The summed E-state index contributed by atoms with van der Waals surface area (Å²) in [5, 5.41) is 11.2. The molecule has 114 valence electrons. The van der Waals surface area contributed by atoms with Gasteiger partial charge in [-0.25, -0.2) is 13.5 Å². The van der Waals surface area contributed by atoms with Gasteiger partial charge in [0.2, 0.25) is 0 Å². The zero-order valence-corrected chi connectivity index (χ0v) is 12.3. The van der Waals surface area contributed by atoms with E-state index >= 15 is 0 Å². The van der Waals surface area contributed by atoms with Crippen LogP contribution in [0.1, 0.15) is 44.0 Å². The van der Waals surface area contributed by atoms with E-state index < -0.39 is 17.7 Å². The minimum absolute atomic E-state index is 0.281. The van der Waals surface area contributed by atoms with Crippen LogP contribution in [0, 0.1) is 11.6 Å². The van der Waals surface area contributed by atoms with E-state index in [1.165, 1.54) is 6.07 Å². The van der Waals surface area contributed by atoms with Gasteiger partial charge in [-0.1, -0.05) is 19.1 Å². The Morgan fingerprint density at radius 1 is 1.24 bits per heavy atom. The van der Waals surface area contributed by atoms with Gasteiger partial charge in [-0.15, -0.1) is 5.10 Å². The zero-order valence-electron chi connectivity index (χ0n) is 12.3. The second-order valence-electron chi connectivity index (χ2n) is 4.93. The van der Waals surface area contributed by atoms with Gasteiger partial charge in [0, 0.05) is 12.1 Å². The molecule has 1 atom stereocenters. The van der Waals surface area contributed by atoms with Crippen molar-refractivity contribution in [2.45, 2.75) is 39.3 Å². The van der Waals surface area contributed by atoms with E-state index in [9.17, 15) is 8.78 Å². The standard InChI is InChI=1S/C15H20F2N4/c1-3-7-18-15(12-9-11(16)5-6-13(12)17)14-10-19-20-21(14)8-4-2/h5-6,9-10,15,18H,3-4,7-8H2,1-2H3. The quantitative estimate of drug-likeness (QED) is 0.853. The molecule has 1 aromatic heterocycles. The molecule has 2 rings (SSSR count). The molecule has 0 fully saturated rings. The molecule has 4 nitrogen and oxygen atoms in total. The molecule has 0 radical (unpaired) electrons. The van der Waals surface area contributed by atoms with Crippen molar-refractivity contribution in [2.75, 3.05) is 6.54 Å². The fraction of sp³-hybridized carbons (Fsp3) is 0.467. The Bertz CT molecular complexity index is 583. The van der Waals surface area contributed by atoms with Crippen LogP contribution in [-0.4, -0.2) is 21.5 Å². The number of aryl methyl sites for hydroxylation is 1. The molecule has 1 heterocycles. The maximum absolute atomic E-state index is 14.1. The van der Waals surface area contributed by atoms with E-state index in [0.717, 1.165) is 30.7 Å². The predicted octanol–water partition coefficient (Wildman–Crippen LogP) is 3.06. The summed E-state index contributed by atoms with van der Waals surface area (Å²) in [5.41, 5.74) is 1.03. The molecule has 0 amide bonds. The molecular weight excluding hydrogens is 274 g/mol. The van der Waals surface area contributed by atoms with E-state index in [0.29, 0.717) is 13.1 Å². The molecule has 0 bridgehead atoms. The van der Waals surface area contributed by atoms with Crippen LogP contribution >= 0.6 is 0 Å². The second-order valence-corrected chi connectivity index (χ2v) is 4.93. The molecular formula is C15H20F2N4. The molecule has 0 saturated carbocycles. The SMILES string of the molecule is CCCNC(c1cc(F)ccc1F)c1cnnn1CCC. The molecule has 1 aromatic carbocycles. The number of rotatable bonds is 7. The lowest BCUT2D eigenvalue weighted by molar-refractivity contribution is 0.485. The lowest BCUT2D eigenvalue weighted by atomic mass is 10.0. The van der Waals surface area contributed by atoms with Gasteiger partial charge in [0.05, 0.1) is 17.9 Å². The molecule has 2 aromatic rings. The monoisotopic (exact) mass is 294 g/mol. The summed E-state index contributed by atoms with van der Waals surface area (Å²) < 4.78 is 29.3. The van der Waals surface area contributed by atoms with Crippen LogP contribution in [0.3, 0.4) is 0 Å². The Kier molecular flexibility index (Phi) is 5.38. The smallest absolute Gasteiger partial charge is 0.128 e. The average molecular weight is 294 g/mol. The fourth-order valence-corrected chi connectivity index (χ4v) is 2.27. The van der Waals surface area contributed by atoms with Gasteiger partial charge in [0.1, 0.15) is 11.6 Å². The number of nitrogens with zero attached hydrogens (tertiary/aromatic N) is 3. The Hall–Kier alpha value is -1.82. The number of halogens is 2. The normalized spacial score (nSPS) is 12.6. The Balaban J connectivity index is 2.42. The molecule has 1 N–H and O–H groups in total. The summed E-state index contributed by atoms with van der Waals surface area (Å²) in [6, 6.07) is 3.05. The highest BCUT2D eigenvalue weighted by Crippen LogP contribution is 2.25. The van der Waals surface area contributed by atoms with Gasteiger partial charge in [-0.3, -0.25) is 0 Å². The van der Waals surface area contributed by atoms with E-state index in [1.54, 1.807) is 10.9 Å². The highest BCUT2D eigenvalue weighted by molar-refractivity contribution is 5.28. The summed E-state index contributed by atoms with van der Waals surface area (Å²) >= 11 is 0. The third-order valence-electron chi connectivity index (χ3n) is 3.25. The molecule has 0 aliphatic heterocycles. The summed E-state index contributed by atoms with van der Waals surface area (Å²) in [4.78, 5) is 0. The molecule has 1 unspecified atom stereocenters. The van der Waals surface area contributed by atoms with Crippen LogP contribution in [-0.2, 0) is 6.54 Å². The first kappa shape index (κ1) is 15.6. The molecule has 6 heteroatoms. The van der Waals surface area contributed by atoms with Crippen LogP contribution in [0.25, 0.3) is 0 Å². The van der Waals surface area contributed by atoms with Gasteiger partial charge >= 0.3 is 0 Å². The topological polar surface area (TPSA) is 42.7 Å². The maximum atomic E-state index is 14.1. The van der Waals surface area contributed by atoms with Gasteiger partial charge < -0.3 is 5.32 Å². The maximum Gasteiger partial charge on any atom is 0.128 e. The highest BCUT2D eigenvalue weighted by Gasteiger charge is 2.22. The predicted molar refractivity (Wildman–Crippen MR) is 76.8 cm³/mol. The van der Waals surface area contributed by atoms with E-state index in [1.807, 2.05) is 13.8 Å². The van der Waals surface area contributed by atoms with Gasteiger partial charge in [0.15, 0.2) is 0 Å². The summed E-state index contributed by atoms with van der Waals surface area (Å²) in [5.74, 6) is -0.890. The molecule has 0 aliphatic rings. The first-order chi connectivity index (χ1) is 10.2. The average Bonchev–Trinajstić information content (AvgIpc) is 2.92. The van der Waals surface area contributed by atoms with Crippen LogP contribution in [0.4, 0.5) is 8.78 Å².